The Balaban J connectivity index is 1.81. The molecule has 0 saturated heterocycles. The van der Waals surface area contributed by atoms with Crippen LogP contribution in [0.1, 0.15) is 46.0 Å². The van der Waals surface area contributed by atoms with Gasteiger partial charge in [-0.3, -0.25) is 4.79 Å². The fourth-order valence-corrected chi connectivity index (χ4v) is 3.96. The zero-order chi connectivity index (χ0) is 15.1. The Hall–Kier alpha value is -1.16. The number of hydrogen-bond donors (Lipinski definition) is 1. The lowest BCUT2D eigenvalue weighted by molar-refractivity contribution is -0.115. The lowest BCUT2D eigenvalue weighted by atomic mass is 10.0. The van der Waals surface area contributed by atoms with Crippen LogP contribution in [0.2, 0.25) is 0 Å². The maximum absolute atomic E-state index is 12.2. The van der Waals surface area contributed by atoms with E-state index in [1.165, 1.54) is 32.1 Å². The molecule has 2 rings (SSSR count). The SMILES string of the molecule is CCOc1ccc(NC(=O)C(C)SC2CCCCC2)cc1. The summed E-state index contributed by atoms with van der Waals surface area (Å²) < 4.78 is 5.40. The lowest BCUT2D eigenvalue weighted by Gasteiger charge is -2.23. The molecule has 0 spiro atoms. The zero-order valence-electron chi connectivity index (χ0n) is 12.9. The third-order valence-corrected chi connectivity index (χ3v) is 5.23. The van der Waals surface area contributed by atoms with Crippen LogP contribution in [0.25, 0.3) is 0 Å². The standard InChI is InChI=1S/C17H25NO2S/c1-3-20-15-11-9-14(10-12-15)18-17(19)13(2)21-16-7-5-4-6-8-16/h9-13,16H,3-8H2,1-2H3,(H,18,19). The van der Waals surface area contributed by atoms with Crippen LogP contribution in [-0.4, -0.2) is 23.0 Å². The number of carbonyl (C=O) groups excluding carboxylic acids is 1. The predicted molar refractivity (Wildman–Crippen MR) is 90.2 cm³/mol. The van der Waals surface area contributed by atoms with E-state index >= 15 is 0 Å². The number of hydrogen-bond acceptors (Lipinski definition) is 3. The van der Waals surface area contributed by atoms with Gasteiger partial charge in [0.25, 0.3) is 0 Å². The van der Waals surface area contributed by atoms with Crippen molar-refractivity contribution in [1.29, 1.82) is 0 Å². The van der Waals surface area contributed by atoms with Crippen LogP contribution in [0.15, 0.2) is 24.3 Å². The summed E-state index contributed by atoms with van der Waals surface area (Å²) in [5.41, 5.74) is 0.833. The average Bonchev–Trinajstić information content (AvgIpc) is 2.50. The van der Waals surface area contributed by atoms with Gasteiger partial charge in [0.1, 0.15) is 5.75 Å². The first-order valence-electron chi connectivity index (χ1n) is 7.88. The molecule has 0 aliphatic heterocycles. The van der Waals surface area contributed by atoms with Gasteiger partial charge < -0.3 is 10.1 Å². The molecule has 21 heavy (non-hydrogen) atoms. The Morgan fingerprint density at radius 1 is 1.29 bits per heavy atom. The highest BCUT2D eigenvalue weighted by atomic mass is 32.2. The number of thioether (sulfide) groups is 1. The van der Waals surface area contributed by atoms with Gasteiger partial charge in [0.15, 0.2) is 0 Å². The molecule has 1 fully saturated rings. The molecule has 0 bridgehead atoms. The highest BCUT2D eigenvalue weighted by molar-refractivity contribution is 8.01. The second-order valence-corrected chi connectivity index (χ2v) is 7.13. The van der Waals surface area contributed by atoms with Crippen LogP contribution < -0.4 is 10.1 Å². The third-order valence-electron chi connectivity index (χ3n) is 3.75. The van der Waals surface area contributed by atoms with Crippen LogP contribution in [0.5, 0.6) is 5.75 Å². The summed E-state index contributed by atoms with van der Waals surface area (Å²) in [5.74, 6) is 0.926. The molecule has 1 aromatic rings. The number of benzene rings is 1. The molecule has 1 saturated carbocycles. The molecule has 1 aliphatic rings. The Bertz CT molecular complexity index is 441. The third kappa shape index (κ3) is 5.27. The molecule has 1 aliphatic carbocycles. The molecule has 0 heterocycles. The number of amides is 1. The van der Waals surface area contributed by atoms with Crippen LogP contribution in [0.3, 0.4) is 0 Å². The molecule has 1 unspecified atom stereocenters. The quantitative estimate of drug-likeness (QED) is 0.842. The molecule has 1 N–H and O–H groups in total. The van der Waals surface area contributed by atoms with Crippen molar-refractivity contribution in [3.63, 3.8) is 0 Å². The molecule has 1 aromatic carbocycles. The van der Waals surface area contributed by atoms with Gasteiger partial charge in [-0.05, 0) is 51.0 Å². The van der Waals surface area contributed by atoms with Crippen molar-refractivity contribution in [1.82, 2.24) is 0 Å². The highest BCUT2D eigenvalue weighted by Crippen LogP contribution is 2.31. The van der Waals surface area contributed by atoms with Crippen molar-refractivity contribution in [3.8, 4) is 5.75 Å². The summed E-state index contributed by atoms with van der Waals surface area (Å²) in [5, 5.41) is 3.64. The van der Waals surface area contributed by atoms with E-state index in [4.69, 9.17) is 4.74 Å². The zero-order valence-corrected chi connectivity index (χ0v) is 13.7. The first kappa shape index (κ1) is 16.2. The van der Waals surface area contributed by atoms with E-state index < -0.39 is 0 Å². The van der Waals surface area contributed by atoms with Crippen LogP contribution >= 0.6 is 11.8 Å². The van der Waals surface area contributed by atoms with E-state index in [-0.39, 0.29) is 11.2 Å². The van der Waals surface area contributed by atoms with Gasteiger partial charge in [0.2, 0.25) is 5.91 Å². The van der Waals surface area contributed by atoms with Crippen molar-refractivity contribution in [2.45, 2.75) is 56.5 Å². The van der Waals surface area contributed by atoms with Gasteiger partial charge in [-0.25, -0.2) is 0 Å². The molecule has 0 aromatic heterocycles. The predicted octanol–water partition coefficient (Wildman–Crippen LogP) is 4.48. The molecule has 116 valence electrons. The topological polar surface area (TPSA) is 38.3 Å². The van der Waals surface area contributed by atoms with Crippen LogP contribution in [0.4, 0.5) is 5.69 Å². The maximum atomic E-state index is 12.2. The van der Waals surface area contributed by atoms with Crippen molar-refractivity contribution in [2.24, 2.45) is 0 Å². The van der Waals surface area contributed by atoms with Gasteiger partial charge in [-0.15, -0.1) is 11.8 Å². The van der Waals surface area contributed by atoms with Crippen molar-refractivity contribution < 1.29 is 9.53 Å². The summed E-state index contributed by atoms with van der Waals surface area (Å²) >= 11 is 1.82. The number of nitrogens with one attached hydrogen (secondary N) is 1. The van der Waals surface area contributed by atoms with Crippen molar-refractivity contribution in [3.05, 3.63) is 24.3 Å². The smallest absolute Gasteiger partial charge is 0.237 e. The van der Waals surface area contributed by atoms with E-state index in [1.54, 1.807) is 0 Å². The van der Waals surface area contributed by atoms with Crippen molar-refractivity contribution in [2.75, 3.05) is 11.9 Å². The fraction of sp³-hybridized carbons (Fsp3) is 0.588. The summed E-state index contributed by atoms with van der Waals surface area (Å²) in [4.78, 5) is 12.2. The lowest BCUT2D eigenvalue weighted by Crippen LogP contribution is -2.25. The first-order chi connectivity index (χ1) is 10.2. The Morgan fingerprint density at radius 2 is 1.95 bits per heavy atom. The van der Waals surface area contributed by atoms with Crippen LogP contribution in [0, 0.1) is 0 Å². The molecular weight excluding hydrogens is 282 g/mol. The second-order valence-electron chi connectivity index (χ2n) is 5.48. The minimum Gasteiger partial charge on any atom is -0.494 e. The van der Waals surface area contributed by atoms with E-state index in [1.807, 2.05) is 49.9 Å². The van der Waals surface area contributed by atoms with E-state index in [2.05, 4.69) is 5.32 Å². The minimum atomic E-state index is -0.000307. The number of rotatable bonds is 6. The molecule has 0 radical (unpaired) electrons. The molecule has 1 amide bonds. The Kier molecular flexibility index (Phi) is 6.43. The summed E-state index contributed by atoms with van der Waals surface area (Å²) in [6, 6.07) is 7.55. The number of anilines is 1. The van der Waals surface area contributed by atoms with Crippen molar-refractivity contribution >= 4 is 23.4 Å². The summed E-state index contributed by atoms with van der Waals surface area (Å²) in [6.45, 7) is 4.61. The normalized spacial score (nSPS) is 17.2. The molecule has 1 atom stereocenters. The number of carbonyl (C=O) groups is 1. The Morgan fingerprint density at radius 3 is 2.57 bits per heavy atom. The van der Waals surface area contributed by atoms with Crippen LogP contribution in [-0.2, 0) is 4.79 Å². The average molecular weight is 307 g/mol. The maximum Gasteiger partial charge on any atom is 0.237 e. The van der Waals surface area contributed by atoms with Gasteiger partial charge in [-0.1, -0.05) is 19.3 Å². The van der Waals surface area contributed by atoms with E-state index in [0.29, 0.717) is 11.9 Å². The highest BCUT2D eigenvalue weighted by Gasteiger charge is 2.21. The molecule has 3 nitrogen and oxygen atoms in total. The van der Waals surface area contributed by atoms with Gasteiger partial charge in [-0.2, -0.15) is 0 Å². The Labute approximate surface area is 131 Å². The monoisotopic (exact) mass is 307 g/mol. The molecule has 4 heteroatoms. The number of ether oxygens (including phenoxy) is 1. The first-order valence-corrected chi connectivity index (χ1v) is 8.82. The second kappa shape index (κ2) is 8.32. The van der Waals surface area contributed by atoms with E-state index in [9.17, 15) is 4.79 Å². The van der Waals surface area contributed by atoms with E-state index in [0.717, 1.165) is 11.4 Å². The van der Waals surface area contributed by atoms with Gasteiger partial charge >= 0.3 is 0 Å². The largest absolute Gasteiger partial charge is 0.494 e. The molecular formula is C17H25NO2S. The summed E-state index contributed by atoms with van der Waals surface area (Å²) in [7, 11) is 0. The minimum absolute atomic E-state index is 0.000307. The van der Waals surface area contributed by atoms with Gasteiger partial charge in [0.05, 0.1) is 11.9 Å². The summed E-state index contributed by atoms with van der Waals surface area (Å²) in [6.07, 6.45) is 6.48. The fourth-order valence-electron chi connectivity index (χ4n) is 2.60. The van der Waals surface area contributed by atoms with Gasteiger partial charge in [0, 0.05) is 10.9 Å².